The normalized spacial score (nSPS) is 16.8. The van der Waals surface area contributed by atoms with E-state index in [2.05, 4.69) is 17.9 Å². The number of ether oxygens (including phenoxy) is 3. The number of hydrogen-bond acceptors (Lipinski definition) is 7. The number of anilines is 1. The van der Waals surface area contributed by atoms with Gasteiger partial charge in [-0.2, -0.15) is 0 Å². The number of amides is 1. The molecule has 29 heavy (non-hydrogen) atoms. The number of nitrogens with one attached hydrogen (secondary N) is 1. The summed E-state index contributed by atoms with van der Waals surface area (Å²) in [5.41, 5.74) is 1.80. The summed E-state index contributed by atoms with van der Waals surface area (Å²) in [5.74, 6) is 0.207. The van der Waals surface area contributed by atoms with E-state index in [-0.39, 0.29) is 25.8 Å². The second-order valence-corrected chi connectivity index (χ2v) is 8.56. The highest BCUT2D eigenvalue weighted by atomic mass is 32.1. The van der Waals surface area contributed by atoms with Crippen LogP contribution in [0.1, 0.15) is 41.8 Å². The number of carbonyl (C=O) groups excluding carboxylic acids is 2. The summed E-state index contributed by atoms with van der Waals surface area (Å²) in [6, 6.07) is 10.4. The van der Waals surface area contributed by atoms with Crippen LogP contribution in [0, 0.1) is 0 Å². The molecule has 0 spiro atoms. The van der Waals surface area contributed by atoms with E-state index in [1.165, 1.54) is 0 Å². The predicted octanol–water partition coefficient (Wildman–Crippen LogP) is 3.01. The van der Waals surface area contributed by atoms with E-state index < -0.39 is 16.3 Å². The van der Waals surface area contributed by atoms with Gasteiger partial charge >= 0.3 is 5.97 Å². The van der Waals surface area contributed by atoms with Crippen LogP contribution in [0.2, 0.25) is 0 Å². The lowest BCUT2D eigenvalue weighted by atomic mass is 9.78. The van der Waals surface area contributed by atoms with E-state index >= 15 is 0 Å². The number of esters is 1. The molecule has 1 amide bonds. The van der Waals surface area contributed by atoms with Crippen molar-refractivity contribution in [3.05, 3.63) is 53.1 Å². The quantitative estimate of drug-likeness (QED) is 0.395. The number of carbonyl (C=O) groups is 2. The van der Waals surface area contributed by atoms with Gasteiger partial charge in [0.05, 0.1) is 5.56 Å². The van der Waals surface area contributed by atoms with Crippen LogP contribution in [0.3, 0.4) is 0 Å². The Morgan fingerprint density at radius 3 is 2.79 bits per heavy atom. The second-order valence-electron chi connectivity index (χ2n) is 7.82. The van der Waals surface area contributed by atoms with Crippen LogP contribution in [-0.2, 0) is 21.6 Å². The van der Waals surface area contributed by atoms with Crippen molar-refractivity contribution in [2.24, 2.45) is 0 Å². The number of cyclic esters (lactones) is 1. The topological polar surface area (TPSA) is 94.1 Å². The number of aliphatic hydroxyl groups is 1. The van der Waals surface area contributed by atoms with Crippen molar-refractivity contribution in [1.82, 2.24) is 0 Å². The molecule has 7 nitrogen and oxygen atoms in total. The van der Waals surface area contributed by atoms with Crippen molar-refractivity contribution in [1.29, 1.82) is 0 Å². The Morgan fingerprint density at radius 2 is 2.00 bits per heavy atom. The van der Waals surface area contributed by atoms with Gasteiger partial charge in [0.1, 0.15) is 6.61 Å². The lowest BCUT2D eigenvalue weighted by molar-refractivity contribution is -0.127. The highest BCUT2D eigenvalue weighted by molar-refractivity contribution is 7.82. The van der Waals surface area contributed by atoms with Gasteiger partial charge in [0, 0.05) is 23.2 Å². The summed E-state index contributed by atoms with van der Waals surface area (Å²) in [7, 11) is 0. The summed E-state index contributed by atoms with van der Waals surface area (Å²) >= 11 is 4.25. The highest BCUT2D eigenvalue weighted by Crippen LogP contribution is 2.45. The smallest absolute Gasteiger partial charge is 0.338 e. The Hall–Kier alpha value is -2.71. The molecule has 2 aliphatic rings. The molecule has 0 fully saturated rings. The predicted molar refractivity (Wildman–Crippen MR) is 108 cm³/mol. The highest BCUT2D eigenvalue weighted by Gasteiger charge is 2.41. The van der Waals surface area contributed by atoms with Gasteiger partial charge in [-0.15, -0.1) is 12.6 Å². The van der Waals surface area contributed by atoms with Crippen molar-refractivity contribution in [3.8, 4) is 11.5 Å². The van der Waals surface area contributed by atoms with Crippen LogP contribution in [-0.4, -0.2) is 28.7 Å². The molecule has 0 radical (unpaired) electrons. The molecule has 2 N–H and O–H groups in total. The van der Waals surface area contributed by atoms with Crippen LogP contribution in [0.15, 0.2) is 36.4 Å². The largest absolute Gasteiger partial charge is 0.457 e. The maximum Gasteiger partial charge on any atom is 0.338 e. The minimum Gasteiger partial charge on any atom is -0.457 e. The first kappa shape index (κ1) is 19.6. The standard InChI is InChI=1S/C21H21NO6S/c1-20(2,15-4-3-5-16-17(15)28-11-27-16)10-21(25,29)19(24)22-13-6-7-14-12(8-13)9-26-18(14)23/h3-8,25,29H,9-11H2,1-2H3,(H,22,24). The fourth-order valence-corrected chi connectivity index (χ4v) is 4.15. The van der Waals surface area contributed by atoms with E-state index in [4.69, 9.17) is 14.2 Å². The Kier molecular flexibility index (Phi) is 4.71. The number of para-hydroxylation sites is 1. The first-order chi connectivity index (χ1) is 13.7. The van der Waals surface area contributed by atoms with E-state index in [1.807, 2.05) is 32.0 Å². The fourth-order valence-electron chi connectivity index (χ4n) is 3.70. The van der Waals surface area contributed by atoms with Crippen molar-refractivity contribution in [2.75, 3.05) is 12.1 Å². The molecule has 4 rings (SSSR count). The maximum atomic E-state index is 12.7. The summed E-state index contributed by atoms with van der Waals surface area (Å²) in [6.45, 7) is 4.10. The fraction of sp³-hybridized carbons (Fsp3) is 0.333. The third kappa shape index (κ3) is 3.65. The Morgan fingerprint density at radius 1 is 1.21 bits per heavy atom. The second kappa shape index (κ2) is 6.96. The van der Waals surface area contributed by atoms with E-state index in [0.717, 1.165) is 5.56 Å². The lowest BCUT2D eigenvalue weighted by Gasteiger charge is -2.33. The van der Waals surface area contributed by atoms with E-state index in [0.29, 0.717) is 28.3 Å². The molecule has 0 aromatic heterocycles. The molecular weight excluding hydrogens is 394 g/mol. The van der Waals surface area contributed by atoms with Crippen LogP contribution in [0.4, 0.5) is 5.69 Å². The molecule has 0 saturated carbocycles. The zero-order chi connectivity index (χ0) is 20.8. The SMILES string of the molecule is CC(C)(CC(O)(S)C(=O)Nc1ccc2c(c1)COC2=O)c1cccc2c1OCO2. The van der Waals surface area contributed by atoms with E-state index in [1.54, 1.807) is 18.2 Å². The summed E-state index contributed by atoms with van der Waals surface area (Å²) in [4.78, 5) is 22.4. The Bertz CT molecular complexity index is 1000. The zero-order valence-electron chi connectivity index (χ0n) is 16.0. The van der Waals surface area contributed by atoms with Gasteiger partial charge in [-0.25, -0.2) is 4.79 Å². The lowest BCUT2D eigenvalue weighted by Crippen LogP contribution is -2.42. The Labute approximate surface area is 173 Å². The van der Waals surface area contributed by atoms with Gasteiger partial charge in [0.15, 0.2) is 16.4 Å². The first-order valence-corrected chi connectivity index (χ1v) is 9.57. The molecule has 2 aromatic carbocycles. The summed E-state index contributed by atoms with van der Waals surface area (Å²) in [6.07, 6.45) is 0.0291. The third-order valence-electron chi connectivity index (χ3n) is 5.12. The average Bonchev–Trinajstić information content (AvgIpc) is 3.27. The van der Waals surface area contributed by atoms with Crippen LogP contribution >= 0.6 is 12.6 Å². The van der Waals surface area contributed by atoms with Gasteiger partial charge in [-0.05, 0) is 29.7 Å². The minimum atomic E-state index is -1.95. The number of thiol groups is 1. The van der Waals surface area contributed by atoms with E-state index in [9.17, 15) is 14.7 Å². The van der Waals surface area contributed by atoms with Crippen molar-refractivity contribution < 1.29 is 28.9 Å². The maximum absolute atomic E-state index is 12.7. The van der Waals surface area contributed by atoms with Crippen LogP contribution in [0.25, 0.3) is 0 Å². The molecule has 2 aliphatic heterocycles. The van der Waals surface area contributed by atoms with Crippen LogP contribution in [0.5, 0.6) is 11.5 Å². The van der Waals surface area contributed by atoms with Gasteiger partial charge in [0.25, 0.3) is 5.91 Å². The van der Waals surface area contributed by atoms with Crippen molar-refractivity contribution in [2.45, 2.75) is 37.2 Å². The molecule has 1 atom stereocenters. The monoisotopic (exact) mass is 415 g/mol. The zero-order valence-corrected chi connectivity index (χ0v) is 16.9. The molecule has 0 saturated heterocycles. The van der Waals surface area contributed by atoms with Gasteiger partial charge in [-0.1, -0.05) is 26.0 Å². The number of rotatable bonds is 5. The third-order valence-corrected chi connectivity index (χ3v) is 5.48. The summed E-state index contributed by atoms with van der Waals surface area (Å²) in [5, 5.41) is 13.5. The van der Waals surface area contributed by atoms with Crippen LogP contribution < -0.4 is 14.8 Å². The molecule has 2 heterocycles. The molecule has 2 aromatic rings. The number of hydrogen-bond donors (Lipinski definition) is 3. The van der Waals surface area contributed by atoms with Gasteiger partial charge < -0.3 is 24.6 Å². The Balaban J connectivity index is 1.51. The minimum absolute atomic E-state index is 0.0291. The average molecular weight is 415 g/mol. The molecule has 8 heteroatoms. The van der Waals surface area contributed by atoms with Gasteiger partial charge in [0.2, 0.25) is 6.79 Å². The van der Waals surface area contributed by atoms with Crippen molar-refractivity contribution >= 4 is 30.2 Å². The first-order valence-electron chi connectivity index (χ1n) is 9.13. The number of benzene rings is 2. The molecular formula is C21H21NO6S. The van der Waals surface area contributed by atoms with Gasteiger partial charge in [-0.3, -0.25) is 4.79 Å². The molecule has 0 bridgehead atoms. The molecule has 0 aliphatic carbocycles. The molecule has 1 unspecified atom stereocenters. The van der Waals surface area contributed by atoms with Crippen molar-refractivity contribution in [3.63, 3.8) is 0 Å². The summed E-state index contributed by atoms with van der Waals surface area (Å²) < 4.78 is 16.0. The molecule has 152 valence electrons. The number of fused-ring (bicyclic) bond motifs is 2.